The first kappa shape index (κ1) is 24.3. The van der Waals surface area contributed by atoms with Crippen LogP contribution in [0, 0.1) is 11.3 Å². The highest BCUT2D eigenvalue weighted by atomic mass is 19.3. The summed E-state index contributed by atoms with van der Waals surface area (Å²) in [4.78, 5) is 19.4. The zero-order chi connectivity index (χ0) is 24.7. The quantitative estimate of drug-likeness (QED) is 0.494. The van der Waals surface area contributed by atoms with E-state index in [0.29, 0.717) is 24.3 Å². The fourth-order valence-electron chi connectivity index (χ4n) is 4.05. The number of piperidine rings is 1. The van der Waals surface area contributed by atoms with Gasteiger partial charge < -0.3 is 15.5 Å². The van der Waals surface area contributed by atoms with Gasteiger partial charge in [0.25, 0.3) is 5.92 Å². The number of alkyl halides is 2. The van der Waals surface area contributed by atoms with Crippen LogP contribution in [0.2, 0.25) is 0 Å². The number of rotatable bonds is 8. The van der Waals surface area contributed by atoms with Gasteiger partial charge in [0.15, 0.2) is 0 Å². The standard InChI is InChI=1S/C27H27F2N5O/c28-27(29)13-16-34(17-14-27)23-10-11-24(32-19-23)33-26(35)25(22-4-2-1-3-5-22)31-15-12-20-6-8-21(18-30)9-7-20/h1-11,19,25,31H,12-17H2,(H,32,33,35)/t25-/m1/s1. The number of halogens is 2. The van der Waals surface area contributed by atoms with Crippen molar-refractivity contribution in [2.75, 3.05) is 29.9 Å². The van der Waals surface area contributed by atoms with E-state index < -0.39 is 12.0 Å². The first-order chi connectivity index (χ1) is 16.9. The average molecular weight is 476 g/mol. The van der Waals surface area contributed by atoms with Crippen LogP contribution in [0.25, 0.3) is 0 Å². The minimum Gasteiger partial charge on any atom is -0.370 e. The maximum atomic E-state index is 13.4. The second-order valence-corrected chi connectivity index (χ2v) is 8.59. The van der Waals surface area contributed by atoms with Crippen LogP contribution in [0.4, 0.5) is 20.3 Å². The van der Waals surface area contributed by atoms with E-state index in [1.54, 1.807) is 30.5 Å². The van der Waals surface area contributed by atoms with Crippen LogP contribution in [-0.2, 0) is 11.2 Å². The third kappa shape index (κ3) is 6.61. The first-order valence-electron chi connectivity index (χ1n) is 11.6. The second kappa shape index (κ2) is 11.1. The fourth-order valence-corrected chi connectivity index (χ4v) is 4.05. The van der Waals surface area contributed by atoms with E-state index in [1.807, 2.05) is 47.4 Å². The predicted molar refractivity (Wildman–Crippen MR) is 131 cm³/mol. The minimum absolute atomic E-state index is 0.168. The lowest BCUT2D eigenvalue weighted by Gasteiger charge is -2.33. The van der Waals surface area contributed by atoms with E-state index in [-0.39, 0.29) is 31.8 Å². The molecule has 2 aromatic carbocycles. The zero-order valence-corrected chi connectivity index (χ0v) is 19.3. The molecule has 1 atom stereocenters. The molecule has 1 amide bonds. The van der Waals surface area contributed by atoms with E-state index >= 15 is 0 Å². The van der Waals surface area contributed by atoms with Crippen molar-refractivity contribution >= 4 is 17.4 Å². The lowest BCUT2D eigenvalue weighted by atomic mass is 10.0. The number of hydrogen-bond donors (Lipinski definition) is 2. The van der Waals surface area contributed by atoms with Crippen molar-refractivity contribution in [3.05, 3.63) is 89.6 Å². The molecule has 0 saturated carbocycles. The van der Waals surface area contributed by atoms with Gasteiger partial charge >= 0.3 is 0 Å². The van der Waals surface area contributed by atoms with Gasteiger partial charge in [-0.1, -0.05) is 42.5 Å². The Morgan fingerprint density at radius 2 is 1.77 bits per heavy atom. The normalized spacial score (nSPS) is 15.7. The largest absolute Gasteiger partial charge is 0.370 e. The molecule has 1 fully saturated rings. The molecule has 1 saturated heterocycles. The van der Waals surface area contributed by atoms with Gasteiger partial charge in [-0.15, -0.1) is 0 Å². The van der Waals surface area contributed by atoms with E-state index in [1.165, 1.54) is 0 Å². The number of amides is 1. The summed E-state index contributed by atoms with van der Waals surface area (Å²) in [5.41, 5.74) is 3.27. The second-order valence-electron chi connectivity index (χ2n) is 8.59. The highest BCUT2D eigenvalue weighted by Gasteiger charge is 2.34. The van der Waals surface area contributed by atoms with Gasteiger partial charge in [0.2, 0.25) is 5.91 Å². The Bertz CT molecular complexity index is 1150. The molecule has 1 aromatic heterocycles. The van der Waals surface area contributed by atoms with Crippen LogP contribution < -0.4 is 15.5 Å². The molecule has 0 bridgehead atoms. The van der Waals surface area contributed by atoms with Crippen LogP contribution in [0.5, 0.6) is 0 Å². The summed E-state index contributed by atoms with van der Waals surface area (Å²) in [7, 11) is 0. The Balaban J connectivity index is 1.38. The van der Waals surface area contributed by atoms with Gasteiger partial charge in [-0.05, 0) is 41.8 Å². The molecular weight excluding hydrogens is 448 g/mol. The summed E-state index contributed by atoms with van der Waals surface area (Å²) in [5.74, 6) is -2.44. The lowest BCUT2D eigenvalue weighted by molar-refractivity contribution is -0.118. The Hall–Kier alpha value is -3.83. The van der Waals surface area contributed by atoms with Crippen molar-refractivity contribution < 1.29 is 13.6 Å². The van der Waals surface area contributed by atoms with Crippen molar-refractivity contribution in [2.24, 2.45) is 0 Å². The van der Waals surface area contributed by atoms with Crippen LogP contribution in [0.15, 0.2) is 72.9 Å². The van der Waals surface area contributed by atoms with Crippen LogP contribution in [0.3, 0.4) is 0 Å². The Morgan fingerprint density at radius 1 is 1.06 bits per heavy atom. The number of benzene rings is 2. The predicted octanol–water partition coefficient (Wildman–Crippen LogP) is 4.70. The summed E-state index contributed by atoms with van der Waals surface area (Å²) in [6, 6.07) is 21.8. The van der Waals surface area contributed by atoms with Crippen molar-refractivity contribution in [1.29, 1.82) is 5.26 Å². The number of aromatic nitrogens is 1. The molecule has 8 heteroatoms. The Labute approximate surface area is 203 Å². The van der Waals surface area contributed by atoms with Gasteiger partial charge in [0.1, 0.15) is 11.9 Å². The molecule has 3 aromatic rings. The van der Waals surface area contributed by atoms with Gasteiger partial charge in [0.05, 0.1) is 23.5 Å². The average Bonchev–Trinajstić information content (AvgIpc) is 2.88. The van der Waals surface area contributed by atoms with Gasteiger partial charge in [-0.2, -0.15) is 5.26 Å². The van der Waals surface area contributed by atoms with E-state index in [4.69, 9.17) is 5.26 Å². The van der Waals surface area contributed by atoms with Gasteiger partial charge in [0, 0.05) is 32.5 Å². The molecule has 0 aliphatic carbocycles. The zero-order valence-electron chi connectivity index (χ0n) is 19.3. The summed E-state index contributed by atoms with van der Waals surface area (Å²) < 4.78 is 26.9. The summed E-state index contributed by atoms with van der Waals surface area (Å²) in [6.07, 6.45) is 1.97. The molecule has 1 aliphatic rings. The van der Waals surface area contributed by atoms with Crippen molar-refractivity contribution in [3.63, 3.8) is 0 Å². The van der Waals surface area contributed by atoms with E-state index in [2.05, 4.69) is 21.7 Å². The van der Waals surface area contributed by atoms with Crippen molar-refractivity contribution in [1.82, 2.24) is 10.3 Å². The smallest absolute Gasteiger partial charge is 0.251 e. The SMILES string of the molecule is N#Cc1ccc(CCN[C@@H](C(=O)Nc2ccc(N3CCC(F)(F)CC3)cn2)c2ccccc2)cc1. The van der Waals surface area contributed by atoms with Crippen LogP contribution in [0.1, 0.15) is 35.6 Å². The number of carbonyl (C=O) groups is 1. The molecule has 35 heavy (non-hydrogen) atoms. The monoisotopic (exact) mass is 475 g/mol. The number of pyridine rings is 1. The highest BCUT2D eigenvalue weighted by molar-refractivity contribution is 5.94. The number of hydrogen-bond acceptors (Lipinski definition) is 5. The number of nitrogens with zero attached hydrogens (tertiary/aromatic N) is 3. The van der Waals surface area contributed by atoms with Crippen LogP contribution in [-0.4, -0.2) is 36.4 Å². The molecule has 4 rings (SSSR count). The number of anilines is 2. The summed E-state index contributed by atoms with van der Waals surface area (Å²) in [6.45, 7) is 1.12. The highest BCUT2D eigenvalue weighted by Crippen LogP contribution is 2.30. The maximum Gasteiger partial charge on any atom is 0.251 e. The molecule has 0 radical (unpaired) electrons. The van der Waals surface area contributed by atoms with Gasteiger partial charge in [-0.3, -0.25) is 4.79 Å². The number of carbonyl (C=O) groups excluding carboxylic acids is 1. The Kier molecular flexibility index (Phi) is 7.68. The molecule has 6 nitrogen and oxygen atoms in total. The van der Waals surface area contributed by atoms with Gasteiger partial charge in [-0.25, -0.2) is 13.8 Å². The summed E-state index contributed by atoms with van der Waals surface area (Å²) >= 11 is 0. The third-order valence-electron chi connectivity index (χ3n) is 6.10. The molecular formula is C27H27F2N5O. The molecule has 2 N–H and O–H groups in total. The fraction of sp³-hybridized carbons (Fsp3) is 0.296. The third-order valence-corrected chi connectivity index (χ3v) is 6.10. The minimum atomic E-state index is -2.60. The molecule has 0 unspecified atom stereocenters. The molecule has 180 valence electrons. The Morgan fingerprint density at radius 3 is 2.40 bits per heavy atom. The summed E-state index contributed by atoms with van der Waals surface area (Å²) in [5, 5.41) is 15.1. The number of nitriles is 1. The maximum absolute atomic E-state index is 13.4. The lowest BCUT2D eigenvalue weighted by Crippen LogP contribution is -2.39. The van der Waals surface area contributed by atoms with Crippen molar-refractivity contribution in [2.45, 2.75) is 31.2 Å². The van der Waals surface area contributed by atoms with Crippen LogP contribution >= 0.6 is 0 Å². The van der Waals surface area contributed by atoms with E-state index in [0.717, 1.165) is 16.8 Å². The van der Waals surface area contributed by atoms with E-state index in [9.17, 15) is 13.6 Å². The van der Waals surface area contributed by atoms with Crippen molar-refractivity contribution in [3.8, 4) is 6.07 Å². The first-order valence-corrected chi connectivity index (χ1v) is 11.6. The number of nitrogens with one attached hydrogen (secondary N) is 2. The molecule has 1 aliphatic heterocycles. The molecule has 0 spiro atoms. The molecule has 2 heterocycles. The topological polar surface area (TPSA) is 81.0 Å².